The molecule has 2 aromatic carbocycles. The Kier molecular flexibility index (Phi) is 2.89. The van der Waals surface area contributed by atoms with E-state index < -0.39 is 23.3 Å². The Labute approximate surface area is 114 Å². The van der Waals surface area contributed by atoms with Crippen LogP contribution in [0.5, 0.6) is 5.75 Å². The average molecular weight is 275 g/mol. The van der Waals surface area contributed by atoms with Crippen molar-refractivity contribution in [3.63, 3.8) is 0 Å². The fourth-order valence-corrected chi connectivity index (χ4v) is 2.39. The number of hydrogen-bond donors (Lipinski definition) is 1. The quantitative estimate of drug-likeness (QED) is 0.869. The number of nitrogens with zero attached hydrogens (tertiary/aromatic N) is 1. The molecule has 1 heterocycles. The van der Waals surface area contributed by atoms with Gasteiger partial charge in [-0.3, -0.25) is 4.79 Å². The van der Waals surface area contributed by atoms with Gasteiger partial charge >= 0.3 is 0 Å². The lowest BCUT2D eigenvalue weighted by Crippen LogP contribution is -2.29. The highest BCUT2D eigenvalue weighted by molar-refractivity contribution is 6.08. The normalized spacial score (nSPS) is 13.4. The van der Waals surface area contributed by atoms with Crippen molar-refractivity contribution < 1.29 is 18.7 Å². The van der Waals surface area contributed by atoms with Crippen LogP contribution in [0.4, 0.5) is 14.5 Å². The molecule has 1 aliphatic rings. The van der Waals surface area contributed by atoms with E-state index in [2.05, 4.69) is 0 Å². The van der Waals surface area contributed by atoms with Crippen molar-refractivity contribution in [3.8, 4) is 5.75 Å². The Morgan fingerprint density at radius 2 is 1.80 bits per heavy atom. The van der Waals surface area contributed by atoms with Crippen LogP contribution in [0.25, 0.3) is 0 Å². The molecule has 0 radical (unpaired) electrons. The molecule has 20 heavy (non-hydrogen) atoms. The Hall–Kier alpha value is -2.43. The van der Waals surface area contributed by atoms with Gasteiger partial charge in [0.2, 0.25) is 0 Å². The van der Waals surface area contributed by atoms with Gasteiger partial charge in [-0.05, 0) is 36.2 Å². The second-order valence-corrected chi connectivity index (χ2v) is 4.64. The Bertz CT molecular complexity index is 700. The Balaban J connectivity index is 1.99. The van der Waals surface area contributed by atoms with Crippen LogP contribution in [-0.2, 0) is 6.42 Å². The molecule has 1 amide bonds. The third-order valence-electron chi connectivity index (χ3n) is 3.38. The van der Waals surface area contributed by atoms with E-state index in [1.54, 1.807) is 6.07 Å². The molecule has 0 bridgehead atoms. The molecule has 1 N–H and O–H groups in total. The summed E-state index contributed by atoms with van der Waals surface area (Å²) < 4.78 is 26.2. The summed E-state index contributed by atoms with van der Waals surface area (Å²) in [6.07, 6.45) is 0.628. The van der Waals surface area contributed by atoms with Gasteiger partial charge < -0.3 is 10.0 Å². The van der Waals surface area contributed by atoms with E-state index in [1.807, 2.05) is 0 Å². The molecule has 102 valence electrons. The maximum Gasteiger partial charge on any atom is 0.262 e. The van der Waals surface area contributed by atoms with Gasteiger partial charge in [0.15, 0.2) is 0 Å². The standard InChI is InChI=1S/C15H11F2NO2/c16-10-2-1-9-5-6-18(13(9)7-10)15(20)12-4-3-11(17)8-14(12)19/h1-4,7-8,19H,5-6H2. The summed E-state index contributed by atoms with van der Waals surface area (Å²) in [5, 5.41) is 9.66. The molecular formula is C15H11F2NO2. The first kappa shape index (κ1) is 12.6. The van der Waals surface area contributed by atoms with E-state index >= 15 is 0 Å². The van der Waals surface area contributed by atoms with Crippen molar-refractivity contribution in [3.05, 3.63) is 59.2 Å². The van der Waals surface area contributed by atoms with Gasteiger partial charge in [0.25, 0.3) is 5.91 Å². The molecule has 0 unspecified atom stereocenters. The van der Waals surface area contributed by atoms with E-state index in [1.165, 1.54) is 23.1 Å². The number of phenols is 1. The van der Waals surface area contributed by atoms with Crippen LogP contribution in [0, 0.1) is 11.6 Å². The Morgan fingerprint density at radius 3 is 2.55 bits per heavy atom. The first-order valence-electron chi connectivity index (χ1n) is 6.15. The van der Waals surface area contributed by atoms with E-state index in [0.29, 0.717) is 18.7 Å². The number of fused-ring (bicyclic) bond motifs is 1. The number of aromatic hydroxyl groups is 1. The predicted octanol–water partition coefficient (Wildman–Crippen LogP) is 2.87. The summed E-state index contributed by atoms with van der Waals surface area (Å²) in [5.74, 6) is -1.93. The Morgan fingerprint density at radius 1 is 1.10 bits per heavy atom. The van der Waals surface area contributed by atoms with Gasteiger partial charge in [0.05, 0.1) is 11.3 Å². The van der Waals surface area contributed by atoms with Crippen molar-refractivity contribution in [2.75, 3.05) is 11.4 Å². The van der Waals surface area contributed by atoms with Crippen LogP contribution in [0.2, 0.25) is 0 Å². The van der Waals surface area contributed by atoms with Crippen LogP contribution in [-0.4, -0.2) is 17.6 Å². The van der Waals surface area contributed by atoms with Crippen LogP contribution >= 0.6 is 0 Å². The molecule has 0 fully saturated rings. The topological polar surface area (TPSA) is 40.5 Å². The molecule has 0 aromatic heterocycles. The zero-order valence-electron chi connectivity index (χ0n) is 10.4. The number of amides is 1. The first-order valence-corrected chi connectivity index (χ1v) is 6.15. The first-order chi connectivity index (χ1) is 9.56. The van der Waals surface area contributed by atoms with Crippen molar-refractivity contribution in [2.24, 2.45) is 0 Å². The number of carbonyl (C=O) groups excluding carboxylic acids is 1. The monoisotopic (exact) mass is 275 g/mol. The number of carbonyl (C=O) groups is 1. The second kappa shape index (κ2) is 4.59. The second-order valence-electron chi connectivity index (χ2n) is 4.64. The SMILES string of the molecule is O=C(c1ccc(F)cc1O)N1CCc2ccc(F)cc21. The predicted molar refractivity (Wildman–Crippen MR) is 69.8 cm³/mol. The van der Waals surface area contributed by atoms with Crippen molar-refractivity contribution in [1.82, 2.24) is 0 Å². The van der Waals surface area contributed by atoms with Crippen molar-refractivity contribution >= 4 is 11.6 Å². The summed E-state index contributed by atoms with van der Waals surface area (Å²) in [6, 6.07) is 7.50. The fraction of sp³-hybridized carbons (Fsp3) is 0.133. The van der Waals surface area contributed by atoms with E-state index in [0.717, 1.165) is 17.7 Å². The van der Waals surface area contributed by atoms with Crippen LogP contribution in [0.1, 0.15) is 15.9 Å². The minimum absolute atomic E-state index is 0.00325. The highest BCUT2D eigenvalue weighted by Gasteiger charge is 2.27. The highest BCUT2D eigenvalue weighted by atomic mass is 19.1. The summed E-state index contributed by atoms with van der Waals surface area (Å²) >= 11 is 0. The third-order valence-corrected chi connectivity index (χ3v) is 3.38. The lowest BCUT2D eigenvalue weighted by molar-refractivity contribution is 0.0986. The van der Waals surface area contributed by atoms with Crippen molar-refractivity contribution in [2.45, 2.75) is 6.42 Å². The van der Waals surface area contributed by atoms with Gasteiger partial charge in [-0.2, -0.15) is 0 Å². The van der Waals surface area contributed by atoms with Crippen LogP contribution in [0.3, 0.4) is 0 Å². The molecule has 5 heteroatoms. The lowest BCUT2D eigenvalue weighted by atomic mass is 10.1. The molecule has 0 saturated carbocycles. The summed E-state index contributed by atoms with van der Waals surface area (Å²) in [4.78, 5) is 13.8. The van der Waals surface area contributed by atoms with E-state index in [4.69, 9.17) is 0 Å². The largest absolute Gasteiger partial charge is 0.507 e. The molecule has 3 rings (SSSR count). The van der Waals surface area contributed by atoms with Gasteiger partial charge in [0, 0.05) is 12.6 Å². The zero-order valence-corrected chi connectivity index (χ0v) is 10.4. The minimum Gasteiger partial charge on any atom is -0.507 e. The molecule has 0 saturated heterocycles. The van der Waals surface area contributed by atoms with Crippen LogP contribution < -0.4 is 4.90 Å². The van der Waals surface area contributed by atoms with Gasteiger partial charge in [-0.1, -0.05) is 6.07 Å². The minimum atomic E-state index is -0.619. The number of rotatable bonds is 1. The fourth-order valence-electron chi connectivity index (χ4n) is 2.39. The number of halogens is 2. The lowest BCUT2D eigenvalue weighted by Gasteiger charge is -2.18. The zero-order chi connectivity index (χ0) is 14.3. The maximum atomic E-state index is 13.3. The smallest absolute Gasteiger partial charge is 0.262 e. The third kappa shape index (κ3) is 2.01. The van der Waals surface area contributed by atoms with Gasteiger partial charge in [-0.15, -0.1) is 0 Å². The number of hydrogen-bond acceptors (Lipinski definition) is 2. The summed E-state index contributed by atoms with van der Waals surface area (Å²) in [6.45, 7) is 0.411. The number of benzene rings is 2. The van der Waals surface area contributed by atoms with Gasteiger partial charge in [0.1, 0.15) is 17.4 Å². The summed E-state index contributed by atoms with van der Waals surface area (Å²) in [5.41, 5.74) is 1.38. The molecule has 1 aliphatic heterocycles. The number of phenolic OH excluding ortho intramolecular Hbond substituents is 1. The number of anilines is 1. The summed E-state index contributed by atoms with van der Waals surface area (Å²) in [7, 11) is 0. The van der Waals surface area contributed by atoms with Crippen LogP contribution in [0.15, 0.2) is 36.4 Å². The average Bonchev–Trinajstić information content (AvgIpc) is 2.81. The van der Waals surface area contributed by atoms with E-state index in [9.17, 15) is 18.7 Å². The molecular weight excluding hydrogens is 264 g/mol. The molecule has 3 nitrogen and oxygen atoms in total. The molecule has 0 aliphatic carbocycles. The molecule has 0 spiro atoms. The molecule has 2 aromatic rings. The molecule has 0 atom stereocenters. The maximum absolute atomic E-state index is 13.3. The highest BCUT2D eigenvalue weighted by Crippen LogP contribution is 2.31. The van der Waals surface area contributed by atoms with E-state index in [-0.39, 0.29) is 5.56 Å². The van der Waals surface area contributed by atoms with Gasteiger partial charge in [-0.25, -0.2) is 8.78 Å². The van der Waals surface area contributed by atoms with Crippen molar-refractivity contribution in [1.29, 1.82) is 0 Å².